The lowest BCUT2D eigenvalue weighted by Crippen LogP contribution is -2.44. The number of nitrogens with zero attached hydrogens (tertiary/aromatic N) is 2. The Balaban J connectivity index is 1.90. The van der Waals surface area contributed by atoms with Crippen LogP contribution in [0.5, 0.6) is 0 Å². The van der Waals surface area contributed by atoms with E-state index in [2.05, 4.69) is 9.55 Å². The molecule has 1 aromatic heterocycles. The number of imidazole rings is 1. The molecular formula is C16H21N3O. The zero-order chi connectivity index (χ0) is 14.0. The van der Waals surface area contributed by atoms with Crippen LogP contribution in [0.25, 0.3) is 0 Å². The third-order valence-corrected chi connectivity index (χ3v) is 4.19. The van der Waals surface area contributed by atoms with Gasteiger partial charge in [-0.1, -0.05) is 30.3 Å². The molecule has 3 rings (SSSR count). The molecule has 0 saturated carbocycles. The summed E-state index contributed by atoms with van der Waals surface area (Å²) in [7, 11) is 0. The minimum Gasteiger partial charge on any atom is -0.394 e. The number of aliphatic hydroxyl groups is 1. The summed E-state index contributed by atoms with van der Waals surface area (Å²) in [5.41, 5.74) is 9.13. The number of benzene rings is 1. The summed E-state index contributed by atoms with van der Waals surface area (Å²) in [6.07, 6.45) is 6.42. The van der Waals surface area contributed by atoms with Gasteiger partial charge in [-0.25, -0.2) is 4.98 Å². The van der Waals surface area contributed by atoms with Gasteiger partial charge in [0.2, 0.25) is 0 Å². The second-order valence-electron chi connectivity index (χ2n) is 5.65. The lowest BCUT2D eigenvalue weighted by Gasteiger charge is -2.29. The average molecular weight is 271 g/mol. The summed E-state index contributed by atoms with van der Waals surface area (Å²) < 4.78 is 2.12. The van der Waals surface area contributed by atoms with Gasteiger partial charge in [0.1, 0.15) is 0 Å². The quantitative estimate of drug-likeness (QED) is 0.888. The first-order valence-corrected chi connectivity index (χ1v) is 7.21. The fraction of sp³-hybridized carbons (Fsp3) is 0.438. The molecule has 1 aromatic carbocycles. The van der Waals surface area contributed by atoms with Gasteiger partial charge in [0.05, 0.1) is 24.2 Å². The van der Waals surface area contributed by atoms with Crippen molar-refractivity contribution in [2.45, 2.75) is 37.8 Å². The Bertz CT molecular complexity index is 579. The molecule has 1 unspecified atom stereocenters. The predicted octanol–water partition coefficient (Wildman–Crippen LogP) is 1.61. The van der Waals surface area contributed by atoms with E-state index in [1.165, 1.54) is 24.2 Å². The summed E-state index contributed by atoms with van der Waals surface area (Å²) in [6.45, 7) is 0.486. The highest BCUT2D eigenvalue weighted by Crippen LogP contribution is 2.25. The van der Waals surface area contributed by atoms with Crippen molar-refractivity contribution in [2.75, 3.05) is 6.61 Å². The van der Waals surface area contributed by atoms with Crippen molar-refractivity contribution in [3.05, 3.63) is 53.6 Å². The van der Waals surface area contributed by atoms with Crippen LogP contribution in [-0.2, 0) is 24.9 Å². The third-order valence-electron chi connectivity index (χ3n) is 4.19. The van der Waals surface area contributed by atoms with Crippen molar-refractivity contribution in [1.29, 1.82) is 0 Å². The molecule has 106 valence electrons. The van der Waals surface area contributed by atoms with Gasteiger partial charge in [0.15, 0.2) is 0 Å². The third kappa shape index (κ3) is 2.37. The van der Waals surface area contributed by atoms with Crippen LogP contribution < -0.4 is 5.73 Å². The Morgan fingerprint density at radius 2 is 1.95 bits per heavy atom. The molecule has 0 aliphatic heterocycles. The van der Waals surface area contributed by atoms with E-state index < -0.39 is 5.54 Å². The standard InChI is InChI=1S/C16H21N3O/c17-16(11-20,13-6-2-1-3-7-13)10-19-12-18-14-8-4-5-9-15(14)19/h1-3,6-7,12,20H,4-5,8-11,17H2. The first kappa shape index (κ1) is 13.3. The Hall–Kier alpha value is -1.65. The summed E-state index contributed by atoms with van der Waals surface area (Å²) in [5.74, 6) is 0. The van der Waals surface area contributed by atoms with Gasteiger partial charge in [-0.15, -0.1) is 0 Å². The number of aromatic nitrogens is 2. The van der Waals surface area contributed by atoms with Gasteiger partial charge in [-0.05, 0) is 31.2 Å². The fourth-order valence-electron chi connectivity index (χ4n) is 2.97. The van der Waals surface area contributed by atoms with E-state index in [1.54, 1.807) is 0 Å². The predicted molar refractivity (Wildman–Crippen MR) is 78.3 cm³/mol. The average Bonchev–Trinajstić information content (AvgIpc) is 2.91. The van der Waals surface area contributed by atoms with Gasteiger partial charge >= 0.3 is 0 Å². The van der Waals surface area contributed by atoms with E-state index >= 15 is 0 Å². The van der Waals surface area contributed by atoms with E-state index in [0.29, 0.717) is 6.54 Å². The van der Waals surface area contributed by atoms with Gasteiger partial charge in [-0.3, -0.25) is 0 Å². The maximum atomic E-state index is 9.78. The number of nitrogens with two attached hydrogens (primary N) is 1. The molecule has 1 atom stereocenters. The molecule has 4 heteroatoms. The Morgan fingerprint density at radius 1 is 1.20 bits per heavy atom. The van der Waals surface area contributed by atoms with Crippen molar-refractivity contribution < 1.29 is 5.11 Å². The summed E-state index contributed by atoms with van der Waals surface area (Å²) in [4.78, 5) is 4.49. The molecule has 1 heterocycles. The van der Waals surface area contributed by atoms with E-state index in [1.807, 2.05) is 36.7 Å². The molecule has 0 radical (unpaired) electrons. The number of aliphatic hydroxyl groups excluding tert-OH is 1. The molecule has 4 nitrogen and oxygen atoms in total. The normalized spacial score (nSPS) is 17.5. The molecule has 0 amide bonds. The maximum Gasteiger partial charge on any atom is 0.0952 e. The molecule has 2 aromatic rings. The van der Waals surface area contributed by atoms with Crippen molar-refractivity contribution in [3.8, 4) is 0 Å². The minimum atomic E-state index is -0.757. The zero-order valence-corrected chi connectivity index (χ0v) is 11.6. The van der Waals surface area contributed by atoms with E-state index in [4.69, 9.17) is 5.73 Å². The monoisotopic (exact) mass is 271 g/mol. The highest BCUT2D eigenvalue weighted by Gasteiger charge is 2.28. The first-order chi connectivity index (χ1) is 9.73. The van der Waals surface area contributed by atoms with E-state index in [-0.39, 0.29) is 6.61 Å². The molecule has 20 heavy (non-hydrogen) atoms. The lowest BCUT2D eigenvalue weighted by atomic mass is 9.91. The molecule has 0 spiro atoms. The van der Waals surface area contributed by atoms with E-state index in [0.717, 1.165) is 18.4 Å². The number of aryl methyl sites for hydroxylation is 1. The van der Waals surface area contributed by atoms with Crippen molar-refractivity contribution in [1.82, 2.24) is 9.55 Å². The highest BCUT2D eigenvalue weighted by atomic mass is 16.3. The van der Waals surface area contributed by atoms with E-state index in [9.17, 15) is 5.11 Å². The van der Waals surface area contributed by atoms with Crippen LogP contribution >= 0.6 is 0 Å². The van der Waals surface area contributed by atoms with Crippen LogP contribution in [0.2, 0.25) is 0 Å². The largest absolute Gasteiger partial charge is 0.394 e. The van der Waals surface area contributed by atoms with Gasteiger partial charge < -0.3 is 15.4 Å². The SMILES string of the molecule is NC(CO)(Cn1cnc2c1CCCC2)c1ccccc1. The molecule has 1 aliphatic rings. The van der Waals surface area contributed by atoms with Gasteiger partial charge in [-0.2, -0.15) is 0 Å². The molecule has 3 N–H and O–H groups in total. The van der Waals surface area contributed by atoms with Gasteiger partial charge in [0.25, 0.3) is 0 Å². The second kappa shape index (κ2) is 5.38. The number of rotatable bonds is 4. The summed E-state index contributed by atoms with van der Waals surface area (Å²) in [5, 5.41) is 9.78. The van der Waals surface area contributed by atoms with Crippen LogP contribution in [0.4, 0.5) is 0 Å². The summed E-state index contributed by atoms with van der Waals surface area (Å²) in [6, 6.07) is 9.81. The molecule has 0 saturated heterocycles. The lowest BCUT2D eigenvalue weighted by molar-refractivity contribution is 0.177. The van der Waals surface area contributed by atoms with Crippen LogP contribution in [0.15, 0.2) is 36.7 Å². The molecule has 1 aliphatic carbocycles. The Morgan fingerprint density at radius 3 is 2.70 bits per heavy atom. The minimum absolute atomic E-state index is 0.0794. The smallest absolute Gasteiger partial charge is 0.0952 e. The Kier molecular flexibility index (Phi) is 3.59. The number of hydrogen-bond acceptors (Lipinski definition) is 3. The molecule has 0 bridgehead atoms. The van der Waals surface area contributed by atoms with Gasteiger partial charge in [0, 0.05) is 12.2 Å². The first-order valence-electron chi connectivity index (χ1n) is 7.21. The van der Waals surface area contributed by atoms with Crippen molar-refractivity contribution >= 4 is 0 Å². The van der Waals surface area contributed by atoms with Crippen molar-refractivity contribution in [3.63, 3.8) is 0 Å². The zero-order valence-electron chi connectivity index (χ0n) is 11.6. The number of fused-ring (bicyclic) bond motifs is 1. The van der Waals surface area contributed by atoms with Crippen molar-refractivity contribution in [2.24, 2.45) is 5.73 Å². The summed E-state index contributed by atoms with van der Waals surface area (Å²) >= 11 is 0. The second-order valence-corrected chi connectivity index (χ2v) is 5.65. The number of hydrogen-bond donors (Lipinski definition) is 2. The maximum absolute atomic E-state index is 9.78. The van der Waals surface area contributed by atoms with Crippen LogP contribution in [-0.4, -0.2) is 21.3 Å². The Labute approximate surface area is 119 Å². The highest BCUT2D eigenvalue weighted by molar-refractivity contribution is 5.25. The van der Waals surface area contributed by atoms with Crippen LogP contribution in [0.3, 0.4) is 0 Å². The molecular weight excluding hydrogens is 250 g/mol. The fourth-order valence-corrected chi connectivity index (χ4v) is 2.97. The van der Waals surface area contributed by atoms with Crippen LogP contribution in [0.1, 0.15) is 29.8 Å². The van der Waals surface area contributed by atoms with Crippen LogP contribution in [0, 0.1) is 0 Å². The topological polar surface area (TPSA) is 64.1 Å². The molecule has 0 fully saturated rings.